The molecular weight excluding hydrogens is 224 g/mol. The Labute approximate surface area is 109 Å². The molecule has 0 saturated heterocycles. The highest BCUT2D eigenvalue weighted by molar-refractivity contribution is 5.93. The second-order valence-corrected chi connectivity index (χ2v) is 5.52. The number of nitrogens with one attached hydrogen (secondary N) is 1. The van der Waals surface area contributed by atoms with Gasteiger partial charge in [0.15, 0.2) is 0 Å². The van der Waals surface area contributed by atoms with Crippen molar-refractivity contribution in [2.45, 2.75) is 39.3 Å². The minimum absolute atomic E-state index is 0.0404. The number of nitrogen functional groups attached to an aromatic ring is 1. The van der Waals surface area contributed by atoms with E-state index in [4.69, 9.17) is 11.1 Å². The summed E-state index contributed by atoms with van der Waals surface area (Å²) in [6.07, 6.45) is 4.38. The Morgan fingerprint density at radius 2 is 2.28 bits per heavy atom. The third-order valence-corrected chi connectivity index (χ3v) is 3.15. The SMILES string of the molecule is CC(C)CN(Cc1ccnc(C(=N)N)c1)C1CC1. The first kappa shape index (κ1) is 13.0. The van der Waals surface area contributed by atoms with Gasteiger partial charge in [-0.1, -0.05) is 13.8 Å². The van der Waals surface area contributed by atoms with Crippen LogP contribution in [0.25, 0.3) is 0 Å². The zero-order valence-electron chi connectivity index (χ0n) is 11.2. The van der Waals surface area contributed by atoms with E-state index in [-0.39, 0.29) is 5.84 Å². The van der Waals surface area contributed by atoms with Gasteiger partial charge in [-0.15, -0.1) is 0 Å². The maximum atomic E-state index is 7.43. The molecule has 0 amide bonds. The zero-order valence-corrected chi connectivity index (χ0v) is 11.2. The Balaban J connectivity index is 2.06. The molecule has 0 unspecified atom stereocenters. The minimum Gasteiger partial charge on any atom is -0.382 e. The lowest BCUT2D eigenvalue weighted by Crippen LogP contribution is -2.29. The highest BCUT2D eigenvalue weighted by atomic mass is 15.2. The molecule has 4 heteroatoms. The van der Waals surface area contributed by atoms with Gasteiger partial charge in [-0.3, -0.25) is 15.3 Å². The van der Waals surface area contributed by atoms with Gasteiger partial charge in [0.25, 0.3) is 0 Å². The molecule has 1 heterocycles. The van der Waals surface area contributed by atoms with Crippen molar-refractivity contribution in [3.63, 3.8) is 0 Å². The molecular formula is C14H22N4. The standard InChI is InChI=1S/C14H22N4/c1-10(2)8-18(12-3-4-12)9-11-5-6-17-13(7-11)14(15)16/h5-7,10,12H,3-4,8-9H2,1-2H3,(H3,15,16). The lowest BCUT2D eigenvalue weighted by Gasteiger charge is -2.24. The molecule has 2 rings (SSSR count). The van der Waals surface area contributed by atoms with Crippen LogP contribution >= 0.6 is 0 Å². The number of nitrogens with two attached hydrogens (primary N) is 1. The molecule has 1 aliphatic rings. The third-order valence-electron chi connectivity index (χ3n) is 3.15. The number of pyridine rings is 1. The summed E-state index contributed by atoms with van der Waals surface area (Å²) in [5.41, 5.74) is 7.25. The van der Waals surface area contributed by atoms with Crippen LogP contribution in [-0.4, -0.2) is 28.3 Å². The van der Waals surface area contributed by atoms with Gasteiger partial charge < -0.3 is 5.73 Å². The maximum Gasteiger partial charge on any atom is 0.141 e. The van der Waals surface area contributed by atoms with Gasteiger partial charge in [0, 0.05) is 25.3 Å². The third kappa shape index (κ3) is 3.53. The van der Waals surface area contributed by atoms with Gasteiger partial charge in [-0.2, -0.15) is 0 Å². The first-order valence-corrected chi connectivity index (χ1v) is 6.59. The summed E-state index contributed by atoms with van der Waals surface area (Å²) in [5, 5.41) is 7.43. The van der Waals surface area contributed by atoms with E-state index in [0.29, 0.717) is 11.6 Å². The maximum absolute atomic E-state index is 7.43. The van der Waals surface area contributed by atoms with Crippen LogP contribution in [0.3, 0.4) is 0 Å². The van der Waals surface area contributed by atoms with Crippen LogP contribution in [-0.2, 0) is 6.54 Å². The van der Waals surface area contributed by atoms with Crippen LogP contribution < -0.4 is 5.73 Å². The fourth-order valence-electron chi connectivity index (χ4n) is 2.21. The molecule has 1 saturated carbocycles. The lowest BCUT2D eigenvalue weighted by atomic mass is 10.1. The average molecular weight is 246 g/mol. The molecule has 0 atom stereocenters. The van der Waals surface area contributed by atoms with E-state index in [1.54, 1.807) is 6.20 Å². The van der Waals surface area contributed by atoms with Crippen LogP contribution in [0, 0.1) is 11.3 Å². The molecule has 4 nitrogen and oxygen atoms in total. The number of hydrogen-bond donors (Lipinski definition) is 2. The molecule has 0 radical (unpaired) electrons. The second kappa shape index (κ2) is 5.48. The highest BCUT2D eigenvalue weighted by Gasteiger charge is 2.29. The van der Waals surface area contributed by atoms with E-state index >= 15 is 0 Å². The van der Waals surface area contributed by atoms with Crippen molar-refractivity contribution in [2.24, 2.45) is 11.7 Å². The van der Waals surface area contributed by atoms with E-state index in [9.17, 15) is 0 Å². The topological polar surface area (TPSA) is 66.0 Å². The Morgan fingerprint density at radius 1 is 1.56 bits per heavy atom. The number of amidine groups is 1. The first-order valence-electron chi connectivity index (χ1n) is 6.59. The molecule has 0 aromatic carbocycles. The van der Waals surface area contributed by atoms with Crippen LogP contribution in [0.5, 0.6) is 0 Å². The molecule has 1 aromatic heterocycles. The number of aromatic nitrogens is 1. The van der Waals surface area contributed by atoms with Crippen LogP contribution in [0.15, 0.2) is 18.3 Å². The Hall–Kier alpha value is -1.42. The Kier molecular flexibility index (Phi) is 3.97. The first-order chi connectivity index (χ1) is 8.56. The van der Waals surface area contributed by atoms with Crippen molar-refractivity contribution in [1.82, 2.24) is 9.88 Å². The van der Waals surface area contributed by atoms with E-state index < -0.39 is 0 Å². The molecule has 0 spiro atoms. The summed E-state index contributed by atoms with van der Waals surface area (Å²) in [7, 11) is 0. The zero-order chi connectivity index (χ0) is 13.1. The smallest absolute Gasteiger partial charge is 0.141 e. The summed E-state index contributed by atoms with van der Waals surface area (Å²) >= 11 is 0. The summed E-state index contributed by atoms with van der Waals surface area (Å²) in [5.74, 6) is 0.721. The van der Waals surface area contributed by atoms with Gasteiger partial charge in [0.1, 0.15) is 11.5 Å². The van der Waals surface area contributed by atoms with E-state index in [2.05, 4.69) is 23.7 Å². The van der Waals surface area contributed by atoms with Crippen molar-refractivity contribution in [1.29, 1.82) is 5.41 Å². The average Bonchev–Trinajstić information content (AvgIpc) is 3.11. The summed E-state index contributed by atoms with van der Waals surface area (Å²) < 4.78 is 0. The molecule has 3 N–H and O–H groups in total. The Bertz CT molecular complexity index is 424. The number of hydrogen-bond acceptors (Lipinski definition) is 3. The molecule has 1 aromatic rings. The molecule has 0 aliphatic heterocycles. The molecule has 1 aliphatic carbocycles. The summed E-state index contributed by atoms with van der Waals surface area (Å²) in [4.78, 5) is 6.63. The fraction of sp³-hybridized carbons (Fsp3) is 0.571. The normalized spacial score (nSPS) is 15.3. The van der Waals surface area contributed by atoms with E-state index in [0.717, 1.165) is 19.1 Å². The van der Waals surface area contributed by atoms with Crippen molar-refractivity contribution in [3.05, 3.63) is 29.6 Å². The highest BCUT2D eigenvalue weighted by Crippen LogP contribution is 2.29. The monoisotopic (exact) mass is 246 g/mol. The predicted molar refractivity (Wildman–Crippen MR) is 73.5 cm³/mol. The van der Waals surface area contributed by atoms with E-state index in [1.165, 1.54) is 18.4 Å². The number of nitrogens with zero attached hydrogens (tertiary/aromatic N) is 2. The van der Waals surface area contributed by atoms with Crippen molar-refractivity contribution < 1.29 is 0 Å². The fourth-order valence-corrected chi connectivity index (χ4v) is 2.21. The van der Waals surface area contributed by atoms with Crippen LogP contribution in [0.4, 0.5) is 0 Å². The van der Waals surface area contributed by atoms with Gasteiger partial charge in [-0.05, 0) is 36.5 Å². The predicted octanol–water partition coefficient (Wildman–Crippen LogP) is 1.99. The van der Waals surface area contributed by atoms with Crippen LogP contribution in [0.2, 0.25) is 0 Å². The second-order valence-electron chi connectivity index (χ2n) is 5.52. The van der Waals surface area contributed by atoms with Gasteiger partial charge in [0.05, 0.1) is 0 Å². The van der Waals surface area contributed by atoms with Crippen molar-refractivity contribution in [3.8, 4) is 0 Å². The molecule has 98 valence electrons. The molecule has 1 fully saturated rings. The quantitative estimate of drug-likeness (QED) is 0.596. The minimum atomic E-state index is 0.0404. The Morgan fingerprint density at radius 3 is 2.83 bits per heavy atom. The van der Waals surface area contributed by atoms with Gasteiger partial charge in [0.2, 0.25) is 0 Å². The van der Waals surface area contributed by atoms with Crippen LogP contribution in [0.1, 0.15) is 37.9 Å². The lowest BCUT2D eigenvalue weighted by molar-refractivity contribution is 0.226. The summed E-state index contributed by atoms with van der Waals surface area (Å²) in [6, 6.07) is 4.70. The van der Waals surface area contributed by atoms with Crippen molar-refractivity contribution >= 4 is 5.84 Å². The number of rotatable bonds is 6. The molecule has 0 bridgehead atoms. The largest absolute Gasteiger partial charge is 0.382 e. The van der Waals surface area contributed by atoms with E-state index in [1.807, 2.05) is 12.1 Å². The van der Waals surface area contributed by atoms with Crippen molar-refractivity contribution in [2.75, 3.05) is 6.54 Å². The summed E-state index contributed by atoms with van der Waals surface area (Å²) in [6.45, 7) is 6.57. The molecule has 18 heavy (non-hydrogen) atoms. The van der Waals surface area contributed by atoms with Gasteiger partial charge >= 0.3 is 0 Å². The van der Waals surface area contributed by atoms with Gasteiger partial charge in [-0.25, -0.2) is 0 Å².